The smallest absolute Gasteiger partial charge is 0.269 e. The minimum absolute atomic E-state index is 0.0527. The highest BCUT2D eigenvalue weighted by Crippen LogP contribution is 2.07. The van der Waals surface area contributed by atoms with Crippen molar-refractivity contribution >= 4 is 31.9 Å². The fourth-order valence-electron chi connectivity index (χ4n) is 1.08. The van der Waals surface area contributed by atoms with Gasteiger partial charge in [0.2, 0.25) is 10.0 Å². The minimum Gasteiger partial charge on any atom is -0.350 e. The van der Waals surface area contributed by atoms with E-state index in [9.17, 15) is 13.2 Å². The summed E-state index contributed by atoms with van der Waals surface area (Å²) in [6.07, 6.45) is 1.51. The molecule has 0 aliphatic heterocycles. The van der Waals surface area contributed by atoms with E-state index < -0.39 is 15.9 Å². The molecule has 1 amide bonds. The van der Waals surface area contributed by atoms with Crippen LogP contribution in [0.1, 0.15) is 10.5 Å². The molecule has 1 aromatic heterocycles. The molecule has 0 saturated heterocycles. The molecule has 0 aliphatic carbocycles. The lowest BCUT2D eigenvalue weighted by atomic mass is 10.3. The zero-order chi connectivity index (χ0) is 13.8. The molecule has 1 aromatic rings. The molecule has 0 bridgehead atoms. The molecule has 100 valence electrons. The molecule has 0 aliphatic rings. The number of amides is 1. The lowest BCUT2D eigenvalue weighted by molar-refractivity contribution is 0.0951. The van der Waals surface area contributed by atoms with Gasteiger partial charge in [0.25, 0.3) is 5.91 Å². The summed E-state index contributed by atoms with van der Waals surface area (Å²) in [6.45, 7) is 0.0527. The molecule has 1 rings (SSSR count). The number of carbonyl (C=O) groups excluding carboxylic acids is 1. The summed E-state index contributed by atoms with van der Waals surface area (Å²) >= 11 is 3.21. The maximum absolute atomic E-state index is 11.6. The van der Waals surface area contributed by atoms with E-state index >= 15 is 0 Å². The molecule has 0 radical (unpaired) electrons. The van der Waals surface area contributed by atoms with Gasteiger partial charge >= 0.3 is 0 Å². The van der Waals surface area contributed by atoms with Crippen LogP contribution in [0.25, 0.3) is 0 Å². The zero-order valence-corrected chi connectivity index (χ0v) is 12.5. The van der Waals surface area contributed by atoms with Crippen molar-refractivity contribution in [3.05, 3.63) is 28.5 Å². The number of nitrogens with one attached hydrogen (secondary N) is 1. The number of pyridine rings is 1. The topological polar surface area (TPSA) is 79.4 Å². The van der Waals surface area contributed by atoms with E-state index in [0.717, 1.165) is 8.78 Å². The number of nitrogens with zero attached hydrogens (tertiary/aromatic N) is 2. The largest absolute Gasteiger partial charge is 0.350 e. The first-order chi connectivity index (χ1) is 8.33. The first-order valence-corrected chi connectivity index (χ1v) is 7.53. The summed E-state index contributed by atoms with van der Waals surface area (Å²) in [4.78, 5) is 15.5. The minimum atomic E-state index is -3.29. The molecule has 0 spiro atoms. The Bertz CT molecular complexity index is 514. The van der Waals surface area contributed by atoms with Crippen LogP contribution in [0.4, 0.5) is 0 Å². The Balaban J connectivity index is 2.50. The van der Waals surface area contributed by atoms with Crippen molar-refractivity contribution in [1.82, 2.24) is 14.6 Å². The van der Waals surface area contributed by atoms with Crippen molar-refractivity contribution in [2.24, 2.45) is 0 Å². The second-order valence-corrected chi connectivity index (χ2v) is 6.93. The van der Waals surface area contributed by atoms with Crippen LogP contribution in [-0.2, 0) is 10.0 Å². The first-order valence-electron chi connectivity index (χ1n) is 5.13. The van der Waals surface area contributed by atoms with E-state index in [1.165, 1.54) is 20.3 Å². The van der Waals surface area contributed by atoms with Gasteiger partial charge < -0.3 is 5.32 Å². The monoisotopic (exact) mass is 335 g/mol. The summed E-state index contributed by atoms with van der Waals surface area (Å²) in [5.41, 5.74) is 0.250. The molecule has 8 heteroatoms. The summed E-state index contributed by atoms with van der Waals surface area (Å²) in [5.74, 6) is -0.529. The average Bonchev–Trinajstić information content (AvgIpc) is 2.29. The molecule has 0 saturated carbocycles. The summed E-state index contributed by atoms with van der Waals surface area (Å²) in [6, 6.07) is 3.25. The van der Waals surface area contributed by atoms with Gasteiger partial charge in [0.1, 0.15) is 5.69 Å². The Labute approximate surface area is 115 Å². The van der Waals surface area contributed by atoms with Crippen LogP contribution in [0.2, 0.25) is 0 Å². The van der Waals surface area contributed by atoms with Gasteiger partial charge in [-0.15, -0.1) is 0 Å². The maximum Gasteiger partial charge on any atom is 0.269 e. The van der Waals surface area contributed by atoms with E-state index in [0.29, 0.717) is 0 Å². The van der Waals surface area contributed by atoms with Crippen molar-refractivity contribution in [3.8, 4) is 0 Å². The van der Waals surface area contributed by atoms with E-state index in [-0.39, 0.29) is 18.0 Å². The molecule has 0 aromatic carbocycles. The number of rotatable bonds is 5. The molecule has 0 unspecified atom stereocenters. The van der Waals surface area contributed by atoms with Gasteiger partial charge in [-0.05, 0) is 28.1 Å². The normalized spacial score (nSPS) is 11.6. The number of hydrogen-bond acceptors (Lipinski definition) is 4. The van der Waals surface area contributed by atoms with Crippen LogP contribution in [0.3, 0.4) is 0 Å². The number of aromatic nitrogens is 1. The van der Waals surface area contributed by atoms with Crippen LogP contribution >= 0.6 is 15.9 Å². The van der Waals surface area contributed by atoms with E-state index in [1.54, 1.807) is 12.1 Å². The van der Waals surface area contributed by atoms with Gasteiger partial charge in [-0.3, -0.25) is 4.79 Å². The Morgan fingerprint density at radius 2 is 2.11 bits per heavy atom. The Morgan fingerprint density at radius 1 is 1.44 bits per heavy atom. The molecule has 0 atom stereocenters. The maximum atomic E-state index is 11.6. The highest BCUT2D eigenvalue weighted by atomic mass is 79.9. The summed E-state index contributed by atoms with van der Waals surface area (Å²) in [5, 5.41) is 2.51. The third kappa shape index (κ3) is 4.35. The molecular formula is C10H14BrN3O3S. The van der Waals surface area contributed by atoms with Crippen LogP contribution in [-0.4, -0.2) is 50.0 Å². The zero-order valence-electron chi connectivity index (χ0n) is 10.1. The number of hydrogen-bond donors (Lipinski definition) is 1. The molecule has 1 heterocycles. The standard InChI is InChI=1S/C10H14BrN3O3S/c1-14(2)18(16,17)6-5-12-10(15)9-4-3-8(11)7-13-9/h3-4,7H,5-6H2,1-2H3,(H,12,15). The van der Waals surface area contributed by atoms with Crippen LogP contribution in [0, 0.1) is 0 Å². The highest BCUT2D eigenvalue weighted by Gasteiger charge is 2.14. The SMILES string of the molecule is CN(C)S(=O)(=O)CCNC(=O)c1ccc(Br)cn1. The van der Waals surface area contributed by atoms with Crippen molar-refractivity contribution in [2.75, 3.05) is 26.4 Å². The molecule has 1 N–H and O–H groups in total. The van der Waals surface area contributed by atoms with Crippen LogP contribution in [0.5, 0.6) is 0 Å². The second-order valence-electron chi connectivity index (χ2n) is 3.72. The highest BCUT2D eigenvalue weighted by molar-refractivity contribution is 9.10. The third-order valence-corrected chi connectivity index (χ3v) is 4.46. The van der Waals surface area contributed by atoms with Crippen molar-refractivity contribution < 1.29 is 13.2 Å². The van der Waals surface area contributed by atoms with Gasteiger partial charge in [-0.2, -0.15) is 0 Å². The molecular weight excluding hydrogens is 322 g/mol. The lowest BCUT2D eigenvalue weighted by Gasteiger charge is -2.11. The van der Waals surface area contributed by atoms with E-state index in [4.69, 9.17) is 0 Å². The lowest BCUT2D eigenvalue weighted by Crippen LogP contribution is -2.34. The molecule has 6 nitrogen and oxygen atoms in total. The third-order valence-electron chi connectivity index (χ3n) is 2.16. The van der Waals surface area contributed by atoms with Gasteiger partial charge in [0, 0.05) is 31.3 Å². The number of carbonyl (C=O) groups is 1. The van der Waals surface area contributed by atoms with Crippen LogP contribution in [0.15, 0.2) is 22.8 Å². The van der Waals surface area contributed by atoms with Crippen molar-refractivity contribution in [1.29, 1.82) is 0 Å². The van der Waals surface area contributed by atoms with Gasteiger partial charge in [-0.1, -0.05) is 0 Å². The summed E-state index contributed by atoms with van der Waals surface area (Å²) < 4.78 is 24.8. The Hall–Kier alpha value is -0.990. The average molecular weight is 336 g/mol. The van der Waals surface area contributed by atoms with Gasteiger partial charge in [0.05, 0.1) is 5.75 Å². The first kappa shape index (κ1) is 15.1. The van der Waals surface area contributed by atoms with Crippen LogP contribution < -0.4 is 5.32 Å². The fourth-order valence-corrected chi connectivity index (χ4v) is 2.04. The predicted octanol–water partition coefficient (Wildman–Crippen LogP) is 0.465. The Morgan fingerprint density at radius 3 is 2.61 bits per heavy atom. The summed E-state index contributed by atoms with van der Waals surface area (Å²) in [7, 11) is -0.388. The van der Waals surface area contributed by atoms with Crippen molar-refractivity contribution in [3.63, 3.8) is 0 Å². The fraction of sp³-hybridized carbons (Fsp3) is 0.400. The van der Waals surface area contributed by atoms with Gasteiger partial charge in [-0.25, -0.2) is 17.7 Å². The second kappa shape index (κ2) is 6.26. The van der Waals surface area contributed by atoms with E-state index in [2.05, 4.69) is 26.2 Å². The quantitative estimate of drug-likeness (QED) is 0.848. The Kier molecular flexibility index (Phi) is 5.24. The van der Waals surface area contributed by atoms with Gasteiger partial charge in [0.15, 0.2) is 0 Å². The molecule has 18 heavy (non-hydrogen) atoms. The molecule has 0 fully saturated rings. The predicted molar refractivity (Wildman–Crippen MR) is 71.7 cm³/mol. The van der Waals surface area contributed by atoms with Crippen molar-refractivity contribution in [2.45, 2.75) is 0 Å². The van der Waals surface area contributed by atoms with E-state index in [1.807, 2.05) is 0 Å². The number of halogens is 1. The number of sulfonamides is 1.